The third-order valence-electron chi connectivity index (χ3n) is 4.47. The number of anilines is 1. The van der Waals surface area contributed by atoms with Gasteiger partial charge >= 0.3 is 0 Å². The summed E-state index contributed by atoms with van der Waals surface area (Å²) in [4.78, 5) is 20.9. The molecule has 7 nitrogen and oxygen atoms in total. The van der Waals surface area contributed by atoms with Crippen LogP contribution < -0.4 is 15.9 Å². The summed E-state index contributed by atoms with van der Waals surface area (Å²) in [5.41, 5.74) is 8.23. The second kappa shape index (κ2) is 8.12. The van der Waals surface area contributed by atoms with Crippen LogP contribution in [0, 0.1) is 5.82 Å². The minimum atomic E-state index is -0.473. The van der Waals surface area contributed by atoms with Crippen LogP contribution in [0.25, 0.3) is 17.1 Å². The molecule has 0 spiro atoms. The summed E-state index contributed by atoms with van der Waals surface area (Å²) in [5.74, 6) is 0.646. The molecular formula is C22H18FN5O2. The Morgan fingerprint density at radius 1 is 1.10 bits per heavy atom. The van der Waals surface area contributed by atoms with E-state index in [4.69, 9.17) is 10.5 Å². The van der Waals surface area contributed by atoms with Gasteiger partial charge in [-0.25, -0.2) is 19.0 Å². The minimum absolute atomic E-state index is 0.207. The van der Waals surface area contributed by atoms with Crippen LogP contribution in [0.1, 0.15) is 11.3 Å². The molecule has 0 aliphatic rings. The Kier molecular flexibility index (Phi) is 5.21. The maximum Gasteiger partial charge on any atom is 0.203 e. The van der Waals surface area contributed by atoms with Crippen molar-refractivity contribution < 1.29 is 9.13 Å². The van der Waals surface area contributed by atoms with E-state index in [0.717, 1.165) is 11.1 Å². The zero-order valence-corrected chi connectivity index (χ0v) is 16.1. The van der Waals surface area contributed by atoms with E-state index in [1.807, 2.05) is 24.3 Å². The third kappa shape index (κ3) is 4.17. The molecule has 0 amide bonds. The van der Waals surface area contributed by atoms with Gasteiger partial charge < -0.3 is 10.5 Å². The summed E-state index contributed by atoms with van der Waals surface area (Å²) in [7, 11) is 1.55. The third-order valence-corrected chi connectivity index (χ3v) is 4.47. The normalized spacial score (nSPS) is 10.7. The Bertz CT molecular complexity index is 1230. The Hall–Kier alpha value is -4.07. The van der Waals surface area contributed by atoms with Gasteiger partial charge in [0.2, 0.25) is 5.43 Å². The molecule has 0 radical (unpaired) electrons. The number of rotatable bonds is 5. The van der Waals surface area contributed by atoms with Gasteiger partial charge in [-0.3, -0.25) is 4.79 Å². The fourth-order valence-corrected chi connectivity index (χ4v) is 3.03. The van der Waals surface area contributed by atoms with Crippen molar-refractivity contribution >= 4 is 5.69 Å². The van der Waals surface area contributed by atoms with Crippen LogP contribution in [0.15, 0.2) is 71.9 Å². The zero-order chi connectivity index (χ0) is 21.1. The molecule has 4 rings (SSSR count). The van der Waals surface area contributed by atoms with Gasteiger partial charge in [-0.2, -0.15) is 5.10 Å². The van der Waals surface area contributed by atoms with Crippen molar-refractivity contribution in [2.45, 2.75) is 6.42 Å². The molecule has 2 aromatic carbocycles. The zero-order valence-electron chi connectivity index (χ0n) is 16.1. The quantitative estimate of drug-likeness (QED) is 0.515. The van der Waals surface area contributed by atoms with E-state index in [-0.39, 0.29) is 11.1 Å². The maximum atomic E-state index is 13.7. The summed E-state index contributed by atoms with van der Waals surface area (Å²) >= 11 is 0. The molecule has 4 aromatic rings. The van der Waals surface area contributed by atoms with Crippen molar-refractivity contribution in [3.05, 3.63) is 94.4 Å². The van der Waals surface area contributed by atoms with Gasteiger partial charge in [0, 0.05) is 29.9 Å². The van der Waals surface area contributed by atoms with Crippen LogP contribution in [0.2, 0.25) is 0 Å². The number of hydrogen-bond donors (Lipinski definition) is 1. The van der Waals surface area contributed by atoms with Crippen LogP contribution in [-0.4, -0.2) is 26.9 Å². The minimum Gasteiger partial charge on any atom is -0.494 e. The number of ether oxygens (including phenoxy) is 1. The Balaban J connectivity index is 1.65. The van der Waals surface area contributed by atoms with Crippen LogP contribution in [0.3, 0.4) is 0 Å². The predicted molar refractivity (Wildman–Crippen MR) is 111 cm³/mol. The lowest BCUT2D eigenvalue weighted by Crippen LogP contribution is -2.16. The Morgan fingerprint density at radius 2 is 1.90 bits per heavy atom. The monoisotopic (exact) mass is 403 g/mol. The number of methoxy groups -OCH3 is 1. The molecule has 0 fully saturated rings. The van der Waals surface area contributed by atoms with Crippen molar-refractivity contribution in [3.8, 4) is 22.8 Å². The molecule has 0 atom stereocenters. The van der Waals surface area contributed by atoms with Crippen molar-refractivity contribution in [2.24, 2.45) is 0 Å². The van der Waals surface area contributed by atoms with Crippen LogP contribution in [-0.2, 0) is 6.42 Å². The lowest BCUT2D eigenvalue weighted by atomic mass is 10.1. The molecule has 2 N–H and O–H groups in total. The van der Waals surface area contributed by atoms with E-state index < -0.39 is 5.82 Å². The second-order valence-corrected chi connectivity index (χ2v) is 6.64. The summed E-state index contributed by atoms with van der Waals surface area (Å²) in [6.07, 6.45) is 4.98. The van der Waals surface area contributed by atoms with Crippen molar-refractivity contribution in [1.82, 2.24) is 19.7 Å². The molecule has 0 aliphatic carbocycles. The fraction of sp³-hybridized carbons (Fsp3) is 0.0909. The molecule has 30 heavy (non-hydrogen) atoms. The number of hydrogen-bond acceptors (Lipinski definition) is 6. The molecule has 2 heterocycles. The molecule has 8 heteroatoms. The smallest absolute Gasteiger partial charge is 0.203 e. The lowest BCUT2D eigenvalue weighted by molar-refractivity contribution is 0.411. The SMILES string of the molecule is COc1cnc(-c2cccc(Cc3nn(-c4cc(N)cc(F)c4)ccc3=O)c2)nc1. The van der Waals surface area contributed by atoms with Crippen LogP contribution in [0.5, 0.6) is 5.75 Å². The number of benzene rings is 2. The Morgan fingerprint density at radius 3 is 2.63 bits per heavy atom. The maximum absolute atomic E-state index is 13.7. The molecule has 0 saturated heterocycles. The number of halogens is 1. The second-order valence-electron chi connectivity index (χ2n) is 6.64. The molecule has 0 aliphatic heterocycles. The topological polar surface area (TPSA) is 95.9 Å². The summed E-state index contributed by atoms with van der Waals surface area (Å²) in [6, 6.07) is 13.1. The van der Waals surface area contributed by atoms with E-state index in [1.54, 1.807) is 25.6 Å². The first-order valence-electron chi connectivity index (χ1n) is 9.12. The van der Waals surface area contributed by atoms with E-state index in [2.05, 4.69) is 15.1 Å². The first-order chi connectivity index (χ1) is 14.5. The molecule has 0 saturated carbocycles. The standard InChI is InChI=1S/C22H18FN5O2/c1-30-19-12-25-22(26-13-19)15-4-2-3-14(7-15)8-20-21(29)5-6-28(27-20)18-10-16(23)9-17(24)11-18/h2-7,9-13H,8,24H2,1H3. The molecule has 150 valence electrons. The van der Waals surface area contributed by atoms with E-state index >= 15 is 0 Å². The average Bonchev–Trinajstić information content (AvgIpc) is 2.75. The summed E-state index contributed by atoms with van der Waals surface area (Å²) < 4.78 is 20.2. The van der Waals surface area contributed by atoms with Crippen molar-refractivity contribution in [1.29, 1.82) is 0 Å². The van der Waals surface area contributed by atoms with Gasteiger partial charge in [0.1, 0.15) is 11.5 Å². The van der Waals surface area contributed by atoms with Gasteiger partial charge in [0.05, 0.1) is 25.2 Å². The largest absolute Gasteiger partial charge is 0.494 e. The number of aromatic nitrogens is 4. The fourth-order valence-electron chi connectivity index (χ4n) is 3.03. The van der Waals surface area contributed by atoms with Crippen molar-refractivity contribution in [2.75, 3.05) is 12.8 Å². The lowest BCUT2D eigenvalue weighted by Gasteiger charge is -2.09. The van der Waals surface area contributed by atoms with Crippen LogP contribution >= 0.6 is 0 Å². The average molecular weight is 403 g/mol. The molecule has 0 unspecified atom stereocenters. The van der Waals surface area contributed by atoms with Gasteiger partial charge in [-0.05, 0) is 29.8 Å². The highest BCUT2D eigenvalue weighted by molar-refractivity contribution is 5.56. The predicted octanol–water partition coefficient (Wildman–Crippen LogP) is 3.01. The van der Waals surface area contributed by atoms with Gasteiger partial charge in [-0.15, -0.1) is 0 Å². The molecule has 0 bridgehead atoms. The Labute approximate surface area is 171 Å². The number of nitrogens with zero attached hydrogens (tertiary/aromatic N) is 4. The number of nitrogen functional groups attached to an aromatic ring is 1. The van der Waals surface area contributed by atoms with Gasteiger partial charge in [-0.1, -0.05) is 18.2 Å². The number of nitrogens with two attached hydrogens (primary N) is 1. The highest BCUT2D eigenvalue weighted by atomic mass is 19.1. The highest BCUT2D eigenvalue weighted by Gasteiger charge is 2.09. The van der Waals surface area contributed by atoms with E-state index in [0.29, 0.717) is 29.4 Å². The highest BCUT2D eigenvalue weighted by Crippen LogP contribution is 2.19. The molecule has 2 aromatic heterocycles. The summed E-state index contributed by atoms with van der Waals surface area (Å²) in [6.45, 7) is 0. The van der Waals surface area contributed by atoms with E-state index in [9.17, 15) is 9.18 Å². The first kappa shape index (κ1) is 19.3. The van der Waals surface area contributed by atoms with Gasteiger partial charge in [0.15, 0.2) is 11.6 Å². The molecular weight excluding hydrogens is 385 g/mol. The van der Waals surface area contributed by atoms with Gasteiger partial charge in [0.25, 0.3) is 0 Å². The van der Waals surface area contributed by atoms with Crippen LogP contribution in [0.4, 0.5) is 10.1 Å². The van der Waals surface area contributed by atoms with E-state index in [1.165, 1.54) is 29.1 Å². The van der Waals surface area contributed by atoms with Crippen molar-refractivity contribution in [3.63, 3.8) is 0 Å². The first-order valence-corrected chi connectivity index (χ1v) is 9.12. The summed E-state index contributed by atoms with van der Waals surface area (Å²) in [5, 5.41) is 4.38.